The first-order valence-corrected chi connectivity index (χ1v) is 6.74. The van der Waals surface area contributed by atoms with Crippen LogP contribution < -0.4 is 10.5 Å². The van der Waals surface area contributed by atoms with Crippen LogP contribution in [0.25, 0.3) is 0 Å². The van der Waals surface area contributed by atoms with E-state index in [9.17, 15) is 4.39 Å². The molecule has 0 aliphatic rings. The van der Waals surface area contributed by atoms with Crippen molar-refractivity contribution in [2.75, 3.05) is 7.11 Å². The molecule has 100 valence electrons. The van der Waals surface area contributed by atoms with Gasteiger partial charge in [-0.05, 0) is 39.7 Å². The Morgan fingerprint density at radius 2 is 2.05 bits per heavy atom. The van der Waals surface area contributed by atoms with Crippen molar-refractivity contribution in [1.29, 1.82) is 0 Å². The highest BCUT2D eigenvalue weighted by atomic mass is 79.9. The van der Waals surface area contributed by atoms with Crippen LogP contribution in [0, 0.1) is 5.82 Å². The summed E-state index contributed by atoms with van der Waals surface area (Å²) < 4.78 is 19.0. The highest BCUT2D eigenvalue weighted by Gasteiger charge is 2.17. The van der Waals surface area contributed by atoms with Crippen molar-refractivity contribution in [3.8, 4) is 5.75 Å². The van der Waals surface area contributed by atoms with Crippen LogP contribution in [0.1, 0.15) is 17.2 Å². The average molecular weight is 345 g/mol. The molecule has 1 atom stereocenters. The van der Waals surface area contributed by atoms with Gasteiger partial charge in [0.2, 0.25) is 0 Å². The Morgan fingerprint density at radius 1 is 1.32 bits per heavy atom. The van der Waals surface area contributed by atoms with E-state index < -0.39 is 6.04 Å². The summed E-state index contributed by atoms with van der Waals surface area (Å²) in [5, 5.41) is 0.605. The molecule has 5 heteroatoms. The normalized spacial score (nSPS) is 12.3. The van der Waals surface area contributed by atoms with Crippen LogP contribution in [0.15, 0.2) is 40.9 Å². The first-order valence-electron chi connectivity index (χ1n) is 5.57. The minimum Gasteiger partial charge on any atom is -0.496 e. The number of hydrogen-bond donors (Lipinski definition) is 1. The Morgan fingerprint density at radius 3 is 2.68 bits per heavy atom. The lowest BCUT2D eigenvalue weighted by atomic mass is 9.99. The molecule has 2 nitrogen and oxygen atoms in total. The van der Waals surface area contributed by atoms with E-state index >= 15 is 0 Å². The number of halogens is 3. The Hall–Kier alpha value is -1.10. The third-order valence-corrected chi connectivity index (χ3v) is 3.66. The van der Waals surface area contributed by atoms with Gasteiger partial charge >= 0.3 is 0 Å². The summed E-state index contributed by atoms with van der Waals surface area (Å²) >= 11 is 9.10. The summed E-state index contributed by atoms with van der Waals surface area (Å²) in [5.41, 5.74) is 7.73. The fraction of sp³-hybridized carbons (Fsp3) is 0.143. The maximum atomic E-state index is 13.5. The van der Waals surface area contributed by atoms with Gasteiger partial charge in [0, 0.05) is 16.7 Å². The molecule has 0 saturated carbocycles. The summed E-state index contributed by atoms with van der Waals surface area (Å²) in [6, 6.07) is 9.74. The number of ether oxygens (including phenoxy) is 1. The maximum absolute atomic E-state index is 13.5. The molecule has 19 heavy (non-hydrogen) atoms. The predicted octanol–water partition coefficient (Wildman–Crippen LogP) is 4.30. The fourth-order valence-electron chi connectivity index (χ4n) is 1.84. The quantitative estimate of drug-likeness (QED) is 0.901. The van der Waals surface area contributed by atoms with Gasteiger partial charge in [-0.3, -0.25) is 0 Å². The lowest BCUT2D eigenvalue weighted by molar-refractivity contribution is 0.404. The lowest BCUT2D eigenvalue weighted by Crippen LogP contribution is -2.13. The van der Waals surface area contributed by atoms with E-state index in [-0.39, 0.29) is 5.82 Å². The van der Waals surface area contributed by atoms with Gasteiger partial charge in [0.15, 0.2) is 0 Å². The molecular formula is C14H12BrClFNO. The third-order valence-electron chi connectivity index (χ3n) is 2.82. The van der Waals surface area contributed by atoms with Crippen LogP contribution in [0.3, 0.4) is 0 Å². The minimum absolute atomic E-state index is 0.348. The minimum atomic E-state index is -0.439. The summed E-state index contributed by atoms with van der Waals surface area (Å²) in [6.45, 7) is 0. The van der Waals surface area contributed by atoms with Crippen molar-refractivity contribution in [3.05, 3.63) is 62.8 Å². The molecule has 0 aromatic heterocycles. The monoisotopic (exact) mass is 343 g/mol. The SMILES string of the molecule is COc1cc(F)c(Br)cc1C(N)c1cccc(Cl)c1. The molecule has 2 rings (SSSR count). The van der Waals surface area contributed by atoms with Crippen molar-refractivity contribution < 1.29 is 9.13 Å². The van der Waals surface area contributed by atoms with E-state index in [2.05, 4.69) is 15.9 Å². The molecular weight excluding hydrogens is 333 g/mol. The molecule has 0 amide bonds. The molecule has 0 bridgehead atoms. The highest BCUT2D eigenvalue weighted by molar-refractivity contribution is 9.10. The second kappa shape index (κ2) is 5.90. The van der Waals surface area contributed by atoms with Crippen molar-refractivity contribution >= 4 is 27.5 Å². The Balaban J connectivity index is 2.49. The smallest absolute Gasteiger partial charge is 0.141 e. The largest absolute Gasteiger partial charge is 0.496 e. The second-order valence-electron chi connectivity index (χ2n) is 4.04. The summed E-state index contributed by atoms with van der Waals surface area (Å²) in [6.07, 6.45) is 0. The summed E-state index contributed by atoms with van der Waals surface area (Å²) in [7, 11) is 1.48. The summed E-state index contributed by atoms with van der Waals surface area (Å²) in [5.74, 6) is 0.0204. The Labute approximate surface area is 124 Å². The van der Waals surface area contributed by atoms with Gasteiger partial charge in [0.1, 0.15) is 11.6 Å². The van der Waals surface area contributed by atoms with Crippen molar-refractivity contribution in [3.63, 3.8) is 0 Å². The molecule has 0 saturated heterocycles. The standard InChI is InChI=1S/C14H12BrClFNO/c1-19-13-7-12(17)11(15)6-10(13)14(18)8-3-2-4-9(16)5-8/h2-7,14H,18H2,1H3. The first-order chi connectivity index (χ1) is 9.02. The zero-order chi connectivity index (χ0) is 14.0. The second-order valence-corrected chi connectivity index (χ2v) is 5.33. The number of rotatable bonds is 3. The summed E-state index contributed by atoms with van der Waals surface area (Å²) in [4.78, 5) is 0. The first kappa shape index (κ1) is 14.3. The van der Waals surface area contributed by atoms with Crippen LogP contribution in [0.2, 0.25) is 5.02 Å². The van der Waals surface area contributed by atoms with Crippen LogP contribution in [0.5, 0.6) is 5.75 Å². The lowest BCUT2D eigenvalue weighted by Gasteiger charge is -2.17. The van der Waals surface area contributed by atoms with Gasteiger partial charge in [-0.1, -0.05) is 23.7 Å². The van der Waals surface area contributed by atoms with Crippen LogP contribution >= 0.6 is 27.5 Å². The number of methoxy groups -OCH3 is 1. The zero-order valence-electron chi connectivity index (χ0n) is 10.2. The molecule has 2 aromatic rings. The number of hydrogen-bond acceptors (Lipinski definition) is 2. The molecule has 0 radical (unpaired) electrons. The van der Waals surface area contributed by atoms with Gasteiger partial charge in [-0.2, -0.15) is 0 Å². The van der Waals surface area contributed by atoms with Gasteiger partial charge in [0.05, 0.1) is 17.6 Å². The van der Waals surface area contributed by atoms with E-state index in [1.807, 2.05) is 12.1 Å². The Kier molecular flexibility index (Phi) is 4.45. The molecule has 0 spiro atoms. The highest BCUT2D eigenvalue weighted by Crippen LogP contribution is 2.33. The van der Waals surface area contributed by atoms with Gasteiger partial charge in [-0.15, -0.1) is 0 Å². The molecule has 2 aromatic carbocycles. The fourth-order valence-corrected chi connectivity index (χ4v) is 2.40. The zero-order valence-corrected chi connectivity index (χ0v) is 12.5. The van der Waals surface area contributed by atoms with E-state index in [1.54, 1.807) is 18.2 Å². The van der Waals surface area contributed by atoms with Gasteiger partial charge in [-0.25, -0.2) is 4.39 Å². The molecule has 0 aliphatic carbocycles. The molecule has 2 N–H and O–H groups in total. The molecule has 0 aliphatic heterocycles. The number of benzene rings is 2. The van der Waals surface area contributed by atoms with E-state index in [1.165, 1.54) is 13.2 Å². The van der Waals surface area contributed by atoms with Crippen molar-refractivity contribution in [2.24, 2.45) is 5.73 Å². The van der Waals surface area contributed by atoms with Crippen molar-refractivity contribution in [2.45, 2.75) is 6.04 Å². The van der Waals surface area contributed by atoms with Crippen LogP contribution in [-0.2, 0) is 0 Å². The maximum Gasteiger partial charge on any atom is 0.141 e. The predicted molar refractivity (Wildman–Crippen MR) is 78.1 cm³/mol. The molecule has 0 fully saturated rings. The molecule has 0 heterocycles. The van der Waals surface area contributed by atoms with Crippen molar-refractivity contribution in [1.82, 2.24) is 0 Å². The van der Waals surface area contributed by atoms with Crippen LogP contribution in [0.4, 0.5) is 4.39 Å². The number of nitrogens with two attached hydrogens (primary N) is 1. The van der Waals surface area contributed by atoms with Gasteiger partial charge in [0.25, 0.3) is 0 Å². The average Bonchev–Trinajstić information content (AvgIpc) is 2.40. The topological polar surface area (TPSA) is 35.2 Å². The molecule has 1 unspecified atom stereocenters. The third kappa shape index (κ3) is 3.08. The van der Waals surface area contributed by atoms with E-state index in [0.29, 0.717) is 20.8 Å². The van der Waals surface area contributed by atoms with Crippen LogP contribution in [-0.4, -0.2) is 7.11 Å². The van der Waals surface area contributed by atoms with E-state index in [0.717, 1.165) is 5.56 Å². The Bertz CT molecular complexity index is 606. The van der Waals surface area contributed by atoms with E-state index in [4.69, 9.17) is 22.1 Å². The van der Waals surface area contributed by atoms with Gasteiger partial charge < -0.3 is 10.5 Å².